The Morgan fingerprint density at radius 3 is 2.86 bits per heavy atom. The molecule has 1 fully saturated rings. The van der Waals surface area contributed by atoms with Crippen molar-refractivity contribution in [1.82, 2.24) is 10.3 Å². The summed E-state index contributed by atoms with van der Waals surface area (Å²) >= 11 is 0. The molecule has 116 valence electrons. The minimum atomic E-state index is -0.0141. The molecule has 1 saturated carbocycles. The van der Waals surface area contributed by atoms with Crippen LogP contribution in [-0.4, -0.2) is 23.5 Å². The zero-order valence-corrected chi connectivity index (χ0v) is 13.2. The maximum atomic E-state index is 12.5. The first-order valence-corrected chi connectivity index (χ1v) is 8.22. The third kappa shape index (κ3) is 4.45. The monoisotopic (exact) mass is 289 g/mol. The van der Waals surface area contributed by atoms with Crippen LogP contribution >= 0.6 is 0 Å². The summed E-state index contributed by atoms with van der Waals surface area (Å²) in [7, 11) is 0. The quantitative estimate of drug-likeness (QED) is 0.841. The molecule has 0 bridgehead atoms. The third-order valence-corrected chi connectivity index (χ3v) is 4.31. The molecular formula is C17H27N3O. The minimum Gasteiger partial charge on any atom is -0.369 e. The lowest BCUT2D eigenvalue weighted by Gasteiger charge is -2.28. The van der Waals surface area contributed by atoms with Crippen molar-refractivity contribution in [3.8, 4) is 0 Å². The highest BCUT2D eigenvalue weighted by molar-refractivity contribution is 5.98. The van der Waals surface area contributed by atoms with Gasteiger partial charge in [0.05, 0.1) is 5.56 Å². The number of carbonyl (C=O) groups is 1. The first-order valence-electron chi connectivity index (χ1n) is 8.22. The molecule has 2 N–H and O–H groups in total. The Kier molecular flexibility index (Phi) is 6.03. The number of carbonyl (C=O) groups excluding carboxylic acids is 1. The van der Waals surface area contributed by atoms with Gasteiger partial charge in [0.2, 0.25) is 0 Å². The number of hydrogen-bond donors (Lipinski definition) is 2. The van der Waals surface area contributed by atoms with E-state index in [1.807, 2.05) is 12.1 Å². The van der Waals surface area contributed by atoms with Gasteiger partial charge in [0.1, 0.15) is 5.82 Å². The number of aromatic nitrogens is 1. The maximum Gasteiger partial charge on any atom is 0.255 e. The van der Waals surface area contributed by atoms with Gasteiger partial charge in [-0.05, 0) is 44.2 Å². The molecule has 0 radical (unpaired) electrons. The summed E-state index contributed by atoms with van der Waals surface area (Å²) in [6.07, 6.45) is 9.12. The standard InChI is InChI=1S/C17H27N3O/c1-3-11-18-16-15(10-7-12-19-16)17(21)20-13(2)14-8-5-4-6-9-14/h7,10,12-14H,3-6,8-9,11H2,1-2H3,(H,18,19)(H,20,21). The minimum absolute atomic E-state index is 0.0141. The Morgan fingerprint density at radius 2 is 2.14 bits per heavy atom. The van der Waals surface area contributed by atoms with Crippen molar-refractivity contribution in [3.05, 3.63) is 23.9 Å². The predicted molar refractivity (Wildman–Crippen MR) is 86.5 cm³/mol. The normalized spacial score (nSPS) is 17.2. The van der Waals surface area contributed by atoms with Crippen LogP contribution in [0.5, 0.6) is 0 Å². The number of pyridine rings is 1. The second-order valence-electron chi connectivity index (χ2n) is 5.99. The van der Waals surface area contributed by atoms with Crippen molar-refractivity contribution < 1.29 is 4.79 Å². The highest BCUT2D eigenvalue weighted by Gasteiger charge is 2.22. The van der Waals surface area contributed by atoms with E-state index < -0.39 is 0 Å². The smallest absolute Gasteiger partial charge is 0.255 e. The number of rotatable bonds is 6. The second kappa shape index (κ2) is 8.01. The molecule has 1 aromatic rings. The van der Waals surface area contributed by atoms with Gasteiger partial charge >= 0.3 is 0 Å². The summed E-state index contributed by atoms with van der Waals surface area (Å²) in [6.45, 7) is 5.06. The Hall–Kier alpha value is -1.58. The van der Waals surface area contributed by atoms with E-state index in [9.17, 15) is 4.79 Å². The fourth-order valence-electron chi connectivity index (χ4n) is 3.01. The van der Waals surface area contributed by atoms with E-state index in [1.165, 1.54) is 32.1 Å². The molecule has 0 aliphatic heterocycles. The first kappa shape index (κ1) is 15.8. The van der Waals surface area contributed by atoms with Gasteiger partial charge in [0.15, 0.2) is 0 Å². The lowest BCUT2D eigenvalue weighted by atomic mass is 9.84. The predicted octanol–water partition coefficient (Wildman–Crippen LogP) is 3.60. The average Bonchev–Trinajstić information content (AvgIpc) is 2.54. The summed E-state index contributed by atoms with van der Waals surface area (Å²) in [5.74, 6) is 1.29. The van der Waals surface area contributed by atoms with Crippen LogP contribution in [0.3, 0.4) is 0 Å². The van der Waals surface area contributed by atoms with E-state index in [1.54, 1.807) is 6.20 Å². The molecule has 0 aromatic carbocycles. The molecule has 0 saturated heterocycles. The summed E-state index contributed by atoms with van der Waals surface area (Å²) < 4.78 is 0. The van der Waals surface area contributed by atoms with E-state index >= 15 is 0 Å². The molecule has 1 atom stereocenters. The molecule has 1 aliphatic rings. The van der Waals surface area contributed by atoms with Gasteiger partial charge in [-0.2, -0.15) is 0 Å². The summed E-state index contributed by atoms with van der Waals surface area (Å²) in [5, 5.41) is 6.39. The molecule has 1 aliphatic carbocycles. The summed E-state index contributed by atoms with van der Waals surface area (Å²) in [6, 6.07) is 3.89. The van der Waals surface area contributed by atoms with Crippen molar-refractivity contribution in [1.29, 1.82) is 0 Å². The highest BCUT2D eigenvalue weighted by atomic mass is 16.1. The van der Waals surface area contributed by atoms with Crippen LogP contribution in [0.2, 0.25) is 0 Å². The SMILES string of the molecule is CCCNc1ncccc1C(=O)NC(C)C1CCCCC1. The molecule has 4 nitrogen and oxygen atoms in total. The van der Waals surface area contributed by atoms with E-state index in [-0.39, 0.29) is 11.9 Å². The van der Waals surface area contributed by atoms with E-state index in [0.29, 0.717) is 17.3 Å². The maximum absolute atomic E-state index is 12.5. The Balaban J connectivity index is 1.98. The van der Waals surface area contributed by atoms with Gasteiger partial charge in [0.25, 0.3) is 5.91 Å². The molecule has 21 heavy (non-hydrogen) atoms. The van der Waals surface area contributed by atoms with E-state index in [2.05, 4.69) is 29.5 Å². The average molecular weight is 289 g/mol. The van der Waals surface area contributed by atoms with Crippen LogP contribution in [0.15, 0.2) is 18.3 Å². The van der Waals surface area contributed by atoms with Crippen LogP contribution in [0, 0.1) is 5.92 Å². The Morgan fingerprint density at radius 1 is 1.38 bits per heavy atom. The number of nitrogens with zero attached hydrogens (tertiary/aromatic N) is 1. The Bertz CT molecular complexity index is 455. The summed E-state index contributed by atoms with van der Waals surface area (Å²) in [5.41, 5.74) is 0.647. The molecule has 1 unspecified atom stereocenters. The number of anilines is 1. The molecule has 1 heterocycles. The molecule has 2 rings (SSSR count). The number of hydrogen-bond acceptors (Lipinski definition) is 3. The second-order valence-corrected chi connectivity index (χ2v) is 5.99. The van der Waals surface area contributed by atoms with Crippen molar-refractivity contribution in [2.75, 3.05) is 11.9 Å². The fourth-order valence-corrected chi connectivity index (χ4v) is 3.01. The van der Waals surface area contributed by atoms with Crippen molar-refractivity contribution in [2.24, 2.45) is 5.92 Å². The van der Waals surface area contributed by atoms with Gasteiger partial charge in [-0.3, -0.25) is 4.79 Å². The van der Waals surface area contributed by atoms with E-state index in [0.717, 1.165) is 13.0 Å². The molecule has 4 heteroatoms. The Labute approximate surface area is 127 Å². The lowest BCUT2D eigenvalue weighted by Crippen LogP contribution is -2.39. The van der Waals surface area contributed by atoms with Crippen LogP contribution in [0.25, 0.3) is 0 Å². The largest absolute Gasteiger partial charge is 0.369 e. The topological polar surface area (TPSA) is 54.0 Å². The van der Waals surface area contributed by atoms with Crippen LogP contribution in [0.1, 0.15) is 62.7 Å². The van der Waals surface area contributed by atoms with E-state index in [4.69, 9.17) is 0 Å². The third-order valence-electron chi connectivity index (χ3n) is 4.31. The first-order chi connectivity index (χ1) is 10.2. The number of amides is 1. The van der Waals surface area contributed by atoms with Gasteiger partial charge in [-0.15, -0.1) is 0 Å². The molecule has 1 aromatic heterocycles. The van der Waals surface area contributed by atoms with Gasteiger partial charge in [0, 0.05) is 18.8 Å². The zero-order chi connectivity index (χ0) is 15.1. The molecule has 1 amide bonds. The van der Waals surface area contributed by atoms with Crippen molar-refractivity contribution in [2.45, 2.75) is 58.4 Å². The van der Waals surface area contributed by atoms with Crippen molar-refractivity contribution in [3.63, 3.8) is 0 Å². The molecule has 0 spiro atoms. The summed E-state index contributed by atoms with van der Waals surface area (Å²) in [4.78, 5) is 16.8. The highest BCUT2D eigenvalue weighted by Crippen LogP contribution is 2.26. The number of nitrogens with one attached hydrogen (secondary N) is 2. The lowest BCUT2D eigenvalue weighted by molar-refractivity contribution is 0.0920. The van der Waals surface area contributed by atoms with Gasteiger partial charge in [-0.25, -0.2) is 4.98 Å². The molecular weight excluding hydrogens is 262 g/mol. The fraction of sp³-hybridized carbons (Fsp3) is 0.647. The van der Waals surface area contributed by atoms with Crippen molar-refractivity contribution >= 4 is 11.7 Å². The van der Waals surface area contributed by atoms with Crippen LogP contribution < -0.4 is 10.6 Å². The van der Waals surface area contributed by atoms with Gasteiger partial charge < -0.3 is 10.6 Å². The van der Waals surface area contributed by atoms with Gasteiger partial charge in [-0.1, -0.05) is 26.2 Å². The van der Waals surface area contributed by atoms with Crippen LogP contribution in [-0.2, 0) is 0 Å². The zero-order valence-electron chi connectivity index (χ0n) is 13.2. The van der Waals surface area contributed by atoms with Crippen LogP contribution in [0.4, 0.5) is 5.82 Å².